The van der Waals surface area contributed by atoms with E-state index in [1.165, 1.54) is 0 Å². The number of unbranched alkanes of at least 4 members (excludes halogenated alkanes) is 1. The van der Waals surface area contributed by atoms with Gasteiger partial charge in [0.05, 0.1) is 6.04 Å². The normalized spacial score (nSPS) is 18.8. The van der Waals surface area contributed by atoms with Gasteiger partial charge in [0.15, 0.2) is 0 Å². The first kappa shape index (κ1) is 22.1. The van der Waals surface area contributed by atoms with Crippen LogP contribution in [0.15, 0.2) is 48.5 Å². The van der Waals surface area contributed by atoms with E-state index in [-0.39, 0.29) is 30.8 Å². The molecular weight excluding hydrogens is 401 g/mol. The monoisotopic (exact) mass is 421 g/mol. The number of rotatable bonds is 5. The maximum Gasteiger partial charge on any atom is 0.373 e. The van der Waals surface area contributed by atoms with Crippen molar-refractivity contribution < 1.29 is 19.1 Å². The SMILES string of the molecule is CCCCN1C(=O)CO[C@@H](c2ccc(Cl)cc2)[C@H]1c1ccc(Cl)cc1.O=C=O. The van der Waals surface area contributed by atoms with Crippen molar-refractivity contribution in [3.8, 4) is 0 Å². The molecule has 0 unspecified atom stereocenters. The molecule has 0 bridgehead atoms. The standard InChI is InChI=1S/C20H21Cl2NO2.CO2/c1-2-3-12-23-18(24)13-25-20(15-6-10-17(22)11-7-15)19(23)14-4-8-16(21)9-5-14;2-1-3/h4-11,19-20H,2-3,12-13H2,1H3;/t19-,20+;/m1./s1. The summed E-state index contributed by atoms with van der Waals surface area (Å²) in [7, 11) is 0. The zero-order valence-electron chi connectivity index (χ0n) is 15.4. The number of nitrogens with zero attached hydrogens (tertiary/aromatic N) is 1. The van der Waals surface area contributed by atoms with Crippen molar-refractivity contribution in [2.24, 2.45) is 0 Å². The molecule has 7 heteroatoms. The van der Waals surface area contributed by atoms with Crippen molar-refractivity contribution in [3.05, 3.63) is 69.7 Å². The second kappa shape index (κ2) is 11.0. The average Bonchev–Trinajstić information content (AvgIpc) is 2.69. The highest BCUT2D eigenvalue weighted by atomic mass is 35.5. The lowest BCUT2D eigenvalue weighted by atomic mass is 9.92. The predicted octanol–water partition coefficient (Wildman–Crippen LogP) is 4.85. The van der Waals surface area contributed by atoms with Crippen LogP contribution in [0.3, 0.4) is 0 Å². The number of halogens is 2. The van der Waals surface area contributed by atoms with E-state index in [0.717, 1.165) is 30.5 Å². The van der Waals surface area contributed by atoms with Gasteiger partial charge in [-0.25, -0.2) is 0 Å². The van der Waals surface area contributed by atoms with Crippen LogP contribution in [0.1, 0.15) is 43.0 Å². The first-order valence-corrected chi connectivity index (χ1v) is 9.68. The van der Waals surface area contributed by atoms with Gasteiger partial charge in [0.1, 0.15) is 12.7 Å². The lowest BCUT2D eigenvalue weighted by Gasteiger charge is -2.41. The van der Waals surface area contributed by atoms with E-state index in [9.17, 15) is 4.79 Å². The Labute approximate surface area is 174 Å². The summed E-state index contributed by atoms with van der Waals surface area (Å²) in [5.41, 5.74) is 2.03. The van der Waals surface area contributed by atoms with E-state index in [1.807, 2.05) is 53.4 Å². The molecular formula is C21H21Cl2NO4. The molecule has 0 spiro atoms. The van der Waals surface area contributed by atoms with E-state index in [4.69, 9.17) is 37.5 Å². The molecule has 0 aliphatic carbocycles. The lowest BCUT2D eigenvalue weighted by Crippen LogP contribution is -2.46. The molecule has 0 saturated carbocycles. The Morgan fingerprint density at radius 1 is 1.00 bits per heavy atom. The quantitative estimate of drug-likeness (QED) is 0.691. The van der Waals surface area contributed by atoms with Crippen LogP contribution in [-0.2, 0) is 19.1 Å². The summed E-state index contributed by atoms with van der Waals surface area (Å²) in [6.07, 6.45) is 2.01. The van der Waals surface area contributed by atoms with Crippen LogP contribution in [0.2, 0.25) is 10.0 Å². The summed E-state index contributed by atoms with van der Waals surface area (Å²) in [6.45, 7) is 2.94. The molecule has 0 N–H and O–H groups in total. The summed E-state index contributed by atoms with van der Waals surface area (Å²) in [4.78, 5) is 30.7. The molecule has 28 heavy (non-hydrogen) atoms. The van der Waals surface area contributed by atoms with Crippen molar-refractivity contribution in [2.45, 2.75) is 31.9 Å². The summed E-state index contributed by atoms with van der Waals surface area (Å²) in [5, 5.41) is 1.36. The third kappa shape index (κ3) is 5.66. The van der Waals surface area contributed by atoms with E-state index < -0.39 is 0 Å². The number of carbonyl (C=O) groups is 1. The summed E-state index contributed by atoms with van der Waals surface area (Å²) in [5.74, 6) is 0.0265. The zero-order valence-corrected chi connectivity index (χ0v) is 16.9. The van der Waals surface area contributed by atoms with Crippen LogP contribution < -0.4 is 0 Å². The molecule has 1 fully saturated rings. The van der Waals surface area contributed by atoms with E-state index >= 15 is 0 Å². The number of amides is 1. The molecule has 1 saturated heterocycles. The van der Waals surface area contributed by atoms with Crippen molar-refractivity contribution in [2.75, 3.05) is 13.2 Å². The number of ether oxygens (including phenoxy) is 1. The highest BCUT2D eigenvalue weighted by molar-refractivity contribution is 6.30. The number of carbonyl (C=O) groups excluding carboxylic acids is 3. The maximum absolute atomic E-state index is 12.5. The minimum atomic E-state index is -0.229. The Morgan fingerprint density at radius 2 is 1.50 bits per heavy atom. The van der Waals surface area contributed by atoms with E-state index in [1.54, 1.807) is 0 Å². The van der Waals surface area contributed by atoms with E-state index in [2.05, 4.69) is 6.92 Å². The Balaban J connectivity index is 0.000000878. The fourth-order valence-corrected chi connectivity index (χ4v) is 3.44. The second-order valence-corrected chi connectivity index (χ2v) is 7.18. The Kier molecular flexibility index (Phi) is 8.68. The molecule has 0 aromatic heterocycles. The van der Waals surface area contributed by atoms with E-state index in [0.29, 0.717) is 10.0 Å². The Bertz CT molecular complexity index is 802. The van der Waals surface area contributed by atoms with Crippen LogP contribution in [-0.4, -0.2) is 30.1 Å². The fraction of sp³-hybridized carbons (Fsp3) is 0.333. The van der Waals surface area contributed by atoms with Gasteiger partial charge in [0, 0.05) is 16.6 Å². The maximum atomic E-state index is 12.5. The predicted molar refractivity (Wildman–Crippen MR) is 106 cm³/mol. The molecule has 1 aliphatic rings. The van der Waals surface area contributed by atoms with Gasteiger partial charge in [-0.05, 0) is 41.8 Å². The average molecular weight is 422 g/mol. The number of hydrogen-bond acceptors (Lipinski definition) is 4. The summed E-state index contributed by atoms with van der Waals surface area (Å²) < 4.78 is 5.96. The number of hydrogen-bond donors (Lipinski definition) is 0. The highest BCUT2D eigenvalue weighted by Crippen LogP contribution is 2.40. The molecule has 1 aliphatic heterocycles. The topological polar surface area (TPSA) is 63.7 Å². The van der Waals surface area contributed by atoms with Crippen molar-refractivity contribution in [3.63, 3.8) is 0 Å². The fourth-order valence-electron chi connectivity index (χ4n) is 3.19. The lowest BCUT2D eigenvalue weighted by molar-refractivity contribution is -0.191. The summed E-state index contributed by atoms with van der Waals surface area (Å²) in [6, 6.07) is 15.1. The Morgan fingerprint density at radius 3 is 2.00 bits per heavy atom. The van der Waals surface area contributed by atoms with Crippen molar-refractivity contribution in [1.29, 1.82) is 0 Å². The molecule has 3 rings (SSSR count). The van der Waals surface area contributed by atoms with Crippen LogP contribution >= 0.6 is 23.2 Å². The van der Waals surface area contributed by atoms with Gasteiger partial charge < -0.3 is 9.64 Å². The first-order valence-electron chi connectivity index (χ1n) is 8.93. The molecule has 5 nitrogen and oxygen atoms in total. The van der Waals surface area contributed by atoms with Crippen LogP contribution in [0, 0.1) is 0 Å². The molecule has 1 heterocycles. The van der Waals surface area contributed by atoms with Crippen molar-refractivity contribution in [1.82, 2.24) is 4.90 Å². The first-order chi connectivity index (χ1) is 13.5. The summed E-state index contributed by atoms with van der Waals surface area (Å²) >= 11 is 12.1. The number of morpholine rings is 1. The highest BCUT2D eigenvalue weighted by Gasteiger charge is 2.38. The third-order valence-electron chi connectivity index (χ3n) is 4.49. The zero-order chi connectivity index (χ0) is 20.5. The molecule has 148 valence electrons. The third-order valence-corrected chi connectivity index (χ3v) is 5.00. The molecule has 0 radical (unpaired) electrons. The smallest absolute Gasteiger partial charge is 0.361 e. The largest absolute Gasteiger partial charge is 0.373 e. The van der Waals surface area contributed by atoms with Gasteiger partial charge in [-0.1, -0.05) is 60.8 Å². The molecule has 1 amide bonds. The van der Waals surface area contributed by atoms with Gasteiger partial charge in [0.2, 0.25) is 5.91 Å². The van der Waals surface area contributed by atoms with Crippen LogP contribution in [0.4, 0.5) is 0 Å². The van der Waals surface area contributed by atoms with Crippen LogP contribution in [0.25, 0.3) is 0 Å². The molecule has 2 atom stereocenters. The Hall–Kier alpha value is -2.17. The molecule has 2 aromatic carbocycles. The minimum absolute atomic E-state index is 0.0265. The molecule has 2 aromatic rings. The minimum Gasteiger partial charge on any atom is -0.361 e. The van der Waals surface area contributed by atoms with Gasteiger partial charge in [-0.2, -0.15) is 9.59 Å². The van der Waals surface area contributed by atoms with Gasteiger partial charge >= 0.3 is 6.15 Å². The second-order valence-electron chi connectivity index (χ2n) is 6.30. The van der Waals surface area contributed by atoms with Crippen molar-refractivity contribution >= 4 is 35.3 Å². The van der Waals surface area contributed by atoms with Crippen LogP contribution in [0.5, 0.6) is 0 Å². The number of benzene rings is 2. The van der Waals surface area contributed by atoms with Gasteiger partial charge in [-0.15, -0.1) is 0 Å². The van der Waals surface area contributed by atoms with Gasteiger partial charge in [0.25, 0.3) is 0 Å². The van der Waals surface area contributed by atoms with Gasteiger partial charge in [-0.3, -0.25) is 4.79 Å².